The minimum absolute atomic E-state index is 0.0661. The third kappa shape index (κ3) is 4.36. The van der Waals surface area contributed by atoms with Crippen molar-refractivity contribution in [2.24, 2.45) is 0 Å². The topological polar surface area (TPSA) is 101 Å². The molecule has 1 rings (SSSR count). The van der Waals surface area contributed by atoms with Crippen molar-refractivity contribution in [3.8, 4) is 17.4 Å². The fourth-order valence-electron chi connectivity index (χ4n) is 1.21. The van der Waals surface area contributed by atoms with Crippen molar-refractivity contribution in [2.75, 3.05) is 39.6 Å². The van der Waals surface area contributed by atoms with E-state index in [4.69, 9.17) is 29.5 Å². The van der Waals surface area contributed by atoms with Gasteiger partial charge in [-0.15, -0.1) is 0 Å². The van der Waals surface area contributed by atoms with E-state index >= 15 is 0 Å². The molecule has 18 heavy (non-hydrogen) atoms. The molecule has 0 atom stereocenters. The van der Waals surface area contributed by atoms with Gasteiger partial charge in [0.15, 0.2) is 5.75 Å². The van der Waals surface area contributed by atoms with Crippen LogP contribution in [0, 0.1) is 0 Å². The van der Waals surface area contributed by atoms with Gasteiger partial charge in [-0.2, -0.15) is 0 Å². The van der Waals surface area contributed by atoms with Gasteiger partial charge >= 0.3 is 0 Å². The Kier molecular flexibility index (Phi) is 6.85. The van der Waals surface area contributed by atoms with Crippen LogP contribution in [0.5, 0.6) is 17.4 Å². The van der Waals surface area contributed by atoms with Crippen molar-refractivity contribution in [3.05, 3.63) is 12.3 Å². The summed E-state index contributed by atoms with van der Waals surface area (Å²) in [7, 11) is 0. The predicted molar refractivity (Wildman–Crippen MR) is 62.0 cm³/mol. The lowest BCUT2D eigenvalue weighted by atomic mass is 10.4. The molecule has 3 N–H and O–H groups in total. The summed E-state index contributed by atoms with van der Waals surface area (Å²) in [4.78, 5) is 3.96. The highest BCUT2D eigenvalue weighted by molar-refractivity contribution is 5.46. The summed E-state index contributed by atoms with van der Waals surface area (Å²) < 4.78 is 15.7. The quantitative estimate of drug-likeness (QED) is 0.533. The first kappa shape index (κ1) is 14.5. The first-order valence-electron chi connectivity index (χ1n) is 5.53. The van der Waals surface area contributed by atoms with Crippen molar-refractivity contribution >= 4 is 0 Å². The van der Waals surface area contributed by atoms with Gasteiger partial charge in [-0.25, -0.2) is 4.98 Å². The number of pyridine rings is 1. The number of rotatable bonds is 9. The Balaban J connectivity index is 2.85. The summed E-state index contributed by atoms with van der Waals surface area (Å²) in [5.74, 6) is 0.779. The smallest absolute Gasteiger partial charge is 0.261 e. The SMILES string of the molecule is OCCOc1ccnc(OCCO)c1OCCO. The third-order valence-corrected chi connectivity index (χ3v) is 1.85. The first-order valence-corrected chi connectivity index (χ1v) is 5.53. The van der Waals surface area contributed by atoms with E-state index in [9.17, 15) is 0 Å². The summed E-state index contributed by atoms with van der Waals surface area (Å²) >= 11 is 0. The second-order valence-corrected chi connectivity index (χ2v) is 3.16. The second kappa shape index (κ2) is 8.51. The molecule has 0 aliphatic heterocycles. The van der Waals surface area contributed by atoms with Gasteiger partial charge in [0.1, 0.15) is 19.8 Å². The molecule has 0 aliphatic rings. The van der Waals surface area contributed by atoms with Crippen molar-refractivity contribution < 1.29 is 29.5 Å². The van der Waals surface area contributed by atoms with Crippen LogP contribution < -0.4 is 14.2 Å². The van der Waals surface area contributed by atoms with Gasteiger partial charge in [-0.3, -0.25) is 0 Å². The van der Waals surface area contributed by atoms with Crippen LogP contribution in [0.25, 0.3) is 0 Å². The molecule has 0 saturated heterocycles. The highest BCUT2D eigenvalue weighted by Gasteiger charge is 2.14. The normalized spacial score (nSPS) is 10.2. The van der Waals surface area contributed by atoms with Crippen LogP contribution in [-0.2, 0) is 0 Å². The summed E-state index contributed by atoms with van der Waals surface area (Å²) in [6.07, 6.45) is 1.46. The first-order chi connectivity index (χ1) is 8.83. The molecule has 0 aromatic carbocycles. The monoisotopic (exact) mass is 259 g/mol. The average Bonchev–Trinajstić information content (AvgIpc) is 2.41. The zero-order chi connectivity index (χ0) is 13.2. The van der Waals surface area contributed by atoms with Crippen LogP contribution in [0.2, 0.25) is 0 Å². The lowest BCUT2D eigenvalue weighted by Gasteiger charge is -2.14. The average molecular weight is 259 g/mol. The summed E-state index contributed by atoms with van der Waals surface area (Å²) in [5.41, 5.74) is 0. The van der Waals surface area contributed by atoms with Crippen LogP contribution in [0.4, 0.5) is 0 Å². The van der Waals surface area contributed by atoms with Crippen molar-refractivity contribution in [1.82, 2.24) is 4.98 Å². The Labute approximate surface area is 105 Å². The van der Waals surface area contributed by atoms with E-state index in [-0.39, 0.29) is 51.3 Å². The minimum atomic E-state index is -0.159. The summed E-state index contributed by atoms with van der Waals surface area (Å²) in [6, 6.07) is 1.56. The maximum atomic E-state index is 8.75. The van der Waals surface area contributed by atoms with E-state index in [0.29, 0.717) is 5.75 Å². The molecule has 7 heteroatoms. The Bertz CT molecular complexity index is 320. The van der Waals surface area contributed by atoms with E-state index in [2.05, 4.69) is 4.98 Å². The lowest BCUT2D eigenvalue weighted by molar-refractivity contribution is 0.161. The molecular weight excluding hydrogens is 242 g/mol. The van der Waals surface area contributed by atoms with Gasteiger partial charge in [-0.1, -0.05) is 0 Å². The molecule has 0 fully saturated rings. The van der Waals surface area contributed by atoms with Crippen LogP contribution >= 0.6 is 0 Å². The van der Waals surface area contributed by atoms with Crippen molar-refractivity contribution in [2.45, 2.75) is 0 Å². The molecule has 1 aromatic heterocycles. The summed E-state index contributed by atoms with van der Waals surface area (Å²) in [6.45, 7) is -0.188. The Morgan fingerprint density at radius 3 is 2.17 bits per heavy atom. The molecule has 0 radical (unpaired) electrons. The molecule has 7 nitrogen and oxygen atoms in total. The highest BCUT2D eigenvalue weighted by atomic mass is 16.6. The fraction of sp³-hybridized carbons (Fsp3) is 0.545. The van der Waals surface area contributed by atoms with Gasteiger partial charge in [0.05, 0.1) is 19.8 Å². The minimum Gasteiger partial charge on any atom is -0.487 e. The maximum absolute atomic E-state index is 8.75. The largest absolute Gasteiger partial charge is 0.487 e. The Morgan fingerprint density at radius 2 is 1.50 bits per heavy atom. The van der Waals surface area contributed by atoms with Crippen molar-refractivity contribution in [3.63, 3.8) is 0 Å². The van der Waals surface area contributed by atoms with E-state index < -0.39 is 0 Å². The number of hydrogen-bond acceptors (Lipinski definition) is 7. The van der Waals surface area contributed by atoms with Gasteiger partial charge < -0.3 is 29.5 Å². The van der Waals surface area contributed by atoms with Gasteiger partial charge in [0.2, 0.25) is 5.75 Å². The second-order valence-electron chi connectivity index (χ2n) is 3.16. The molecule has 1 aromatic rings. The molecule has 0 bridgehead atoms. The zero-order valence-electron chi connectivity index (χ0n) is 9.91. The molecule has 0 unspecified atom stereocenters. The Hall–Kier alpha value is -1.57. The Morgan fingerprint density at radius 1 is 0.889 bits per heavy atom. The highest BCUT2D eigenvalue weighted by Crippen LogP contribution is 2.35. The third-order valence-electron chi connectivity index (χ3n) is 1.85. The maximum Gasteiger partial charge on any atom is 0.261 e. The van der Waals surface area contributed by atoms with E-state index in [0.717, 1.165) is 0 Å². The molecule has 0 saturated carbocycles. The fourth-order valence-corrected chi connectivity index (χ4v) is 1.21. The lowest BCUT2D eigenvalue weighted by Crippen LogP contribution is -2.10. The van der Waals surface area contributed by atoms with Gasteiger partial charge in [-0.05, 0) is 0 Å². The summed E-state index contributed by atoms with van der Waals surface area (Å²) in [5, 5.41) is 26.2. The van der Waals surface area contributed by atoms with E-state index in [1.54, 1.807) is 6.07 Å². The van der Waals surface area contributed by atoms with Crippen LogP contribution in [-0.4, -0.2) is 59.9 Å². The van der Waals surface area contributed by atoms with Crippen LogP contribution in [0.15, 0.2) is 12.3 Å². The standard InChI is InChI=1S/C11H17NO6/c13-3-6-16-9-1-2-12-11(18-8-5-15)10(9)17-7-4-14/h1-2,13-15H,3-8H2. The van der Waals surface area contributed by atoms with Gasteiger partial charge in [0, 0.05) is 12.3 Å². The number of ether oxygens (including phenoxy) is 3. The number of aliphatic hydroxyl groups is 3. The molecular formula is C11H17NO6. The van der Waals surface area contributed by atoms with Crippen molar-refractivity contribution in [1.29, 1.82) is 0 Å². The zero-order valence-corrected chi connectivity index (χ0v) is 9.91. The van der Waals surface area contributed by atoms with Gasteiger partial charge in [0.25, 0.3) is 5.88 Å². The number of aromatic nitrogens is 1. The molecule has 102 valence electrons. The molecule has 0 amide bonds. The number of nitrogens with zero attached hydrogens (tertiary/aromatic N) is 1. The van der Waals surface area contributed by atoms with E-state index in [1.165, 1.54) is 6.20 Å². The molecule has 0 aliphatic carbocycles. The van der Waals surface area contributed by atoms with Crippen LogP contribution in [0.1, 0.15) is 0 Å². The van der Waals surface area contributed by atoms with E-state index in [1.807, 2.05) is 0 Å². The molecule has 0 spiro atoms. The number of hydrogen-bond donors (Lipinski definition) is 3. The number of aliphatic hydroxyl groups excluding tert-OH is 3. The predicted octanol–water partition coefficient (Wildman–Crippen LogP) is -0.805. The molecule has 1 heterocycles. The van der Waals surface area contributed by atoms with Crippen LogP contribution in [0.3, 0.4) is 0 Å².